The fourth-order valence-corrected chi connectivity index (χ4v) is 3.31. The van der Waals surface area contributed by atoms with Crippen LogP contribution in [-0.4, -0.2) is 17.6 Å². The lowest BCUT2D eigenvalue weighted by atomic mass is 10.0. The molecule has 0 radical (unpaired) electrons. The van der Waals surface area contributed by atoms with E-state index in [-0.39, 0.29) is 11.7 Å². The Hall–Kier alpha value is -3.47. The van der Waals surface area contributed by atoms with Gasteiger partial charge in [0.1, 0.15) is 6.17 Å². The van der Waals surface area contributed by atoms with E-state index in [2.05, 4.69) is 5.32 Å². The van der Waals surface area contributed by atoms with Crippen LogP contribution in [0.25, 0.3) is 0 Å². The molecule has 1 aliphatic rings. The van der Waals surface area contributed by atoms with Gasteiger partial charge in [0.15, 0.2) is 11.5 Å². The smallest absolute Gasteiger partial charge is 0.262 e. The van der Waals surface area contributed by atoms with Gasteiger partial charge >= 0.3 is 0 Å². The molecule has 1 atom stereocenters. The summed E-state index contributed by atoms with van der Waals surface area (Å²) in [6, 6.07) is 22.2. The van der Waals surface area contributed by atoms with Gasteiger partial charge in [-0.2, -0.15) is 0 Å². The Morgan fingerprint density at radius 3 is 2.56 bits per heavy atom. The molecule has 136 valence electrons. The molecule has 0 spiro atoms. The number of benzene rings is 3. The maximum Gasteiger partial charge on any atom is 0.262 e. The molecule has 0 aromatic heterocycles. The first-order chi connectivity index (χ1) is 13.2. The topological polar surface area (TPSA) is 61.8 Å². The Morgan fingerprint density at radius 2 is 1.78 bits per heavy atom. The summed E-state index contributed by atoms with van der Waals surface area (Å²) in [6.07, 6.45) is -0.422. The van der Waals surface area contributed by atoms with E-state index < -0.39 is 6.17 Å². The van der Waals surface area contributed by atoms with E-state index in [0.717, 1.165) is 16.9 Å². The number of carbonyl (C=O) groups is 1. The van der Waals surface area contributed by atoms with Gasteiger partial charge < -0.3 is 15.2 Å². The van der Waals surface area contributed by atoms with Crippen molar-refractivity contribution in [2.45, 2.75) is 13.1 Å². The van der Waals surface area contributed by atoms with E-state index in [1.807, 2.05) is 61.5 Å². The van der Waals surface area contributed by atoms with E-state index in [0.29, 0.717) is 17.9 Å². The summed E-state index contributed by atoms with van der Waals surface area (Å²) in [7, 11) is 0. The second-order valence-electron chi connectivity index (χ2n) is 6.26. The van der Waals surface area contributed by atoms with Gasteiger partial charge in [-0.05, 0) is 48.9 Å². The number of aromatic hydroxyl groups is 1. The van der Waals surface area contributed by atoms with Crippen LogP contribution >= 0.6 is 0 Å². The number of phenols is 1. The van der Waals surface area contributed by atoms with Gasteiger partial charge in [-0.3, -0.25) is 9.69 Å². The summed E-state index contributed by atoms with van der Waals surface area (Å²) in [4.78, 5) is 15.0. The predicted molar refractivity (Wildman–Crippen MR) is 105 cm³/mol. The average Bonchev–Trinajstić information content (AvgIpc) is 2.70. The maximum absolute atomic E-state index is 13.3. The standard InChI is InChI=1S/C22H20N2O3/c1-2-27-20-14-15(12-13-19(20)25)21-23-18-11-7-6-10-17(18)22(26)24(21)16-8-4-3-5-9-16/h3-14,21,23,25H,2H2,1H3/t21-/m1/s1. The number of hydrogen-bond donors (Lipinski definition) is 2. The minimum absolute atomic E-state index is 0.0772. The Bertz CT molecular complexity index is 972. The highest BCUT2D eigenvalue weighted by Gasteiger charge is 2.34. The summed E-state index contributed by atoms with van der Waals surface area (Å²) in [5, 5.41) is 13.5. The first kappa shape index (κ1) is 17.0. The van der Waals surface area contributed by atoms with Crippen molar-refractivity contribution in [1.29, 1.82) is 0 Å². The molecule has 0 saturated heterocycles. The van der Waals surface area contributed by atoms with Crippen LogP contribution in [0.5, 0.6) is 11.5 Å². The molecule has 0 saturated carbocycles. The molecule has 3 aromatic carbocycles. The number of para-hydroxylation sites is 2. The van der Waals surface area contributed by atoms with Crippen LogP contribution in [0.2, 0.25) is 0 Å². The third-order valence-electron chi connectivity index (χ3n) is 4.56. The third-order valence-corrected chi connectivity index (χ3v) is 4.56. The molecule has 0 bridgehead atoms. The Labute approximate surface area is 157 Å². The van der Waals surface area contributed by atoms with E-state index in [1.54, 1.807) is 23.1 Å². The zero-order valence-corrected chi connectivity index (χ0v) is 14.9. The van der Waals surface area contributed by atoms with E-state index >= 15 is 0 Å². The lowest BCUT2D eigenvalue weighted by Gasteiger charge is -2.38. The first-order valence-electron chi connectivity index (χ1n) is 8.89. The van der Waals surface area contributed by atoms with Crippen molar-refractivity contribution in [2.75, 3.05) is 16.8 Å². The zero-order valence-electron chi connectivity index (χ0n) is 14.9. The second kappa shape index (κ2) is 7.03. The summed E-state index contributed by atoms with van der Waals surface area (Å²) >= 11 is 0. The van der Waals surface area contributed by atoms with Crippen molar-refractivity contribution >= 4 is 17.3 Å². The number of carbonyl (C=O) groups excluding carboxylic acids is 1. The molecule has 2 N–H and O–H groups in total. The highest BCUT2D eigenvalue weighted by Crippen LogP contribution is 2.38. The van der Waals surface area contributed by atoms with Crippen molar-refractivity contribution in [3.8, 4) is 11.5 Å². The summed E-state index contributed by atoms with van der Waals surface area (Å²) in [5.74, 6) is 0.400. The predicted octanol–water partition coefficient (Wildman–Crippen LogP) is 4.56. The SMILES string of the molecule is CCOc1cc([C@@H]2Nc3ccccc3C(=O)N2c2ccccc2)ccc1O. The molecule has 3 aromatic rings. The van der Waals surface area contributed by atoms with Crippen molar-refractivity contribution in [1.82, 2.24) is 0 Å². The lowest BCUT2D eigenvalue weighted by Crippen LogP contribution is -2.43. The number of nitrogens with one attached hydrogen (secondary N) is 1. The number of rotatable bonds is 4. The van der Waals surface area contributed by atoms with Gasteiger partial charge in [-0.25, -0.2) is 0 Å². The number of fused-ring (bicyclic) bond motifs is 1. The monoisotopic (exact) mass is 360 g/mol. The van der Waals surface area contributed by atoms with Gasteiger partial charge in [0.05, 0.1) is 12.2 Å². The first-order valence-corrected chi connectivity index (χ1v) is 8.89. The summed E-state index contributed by atoms with van der Waals surface area (Å²) in [5.41, 5.74) is 3.02. The second-order valence-corrected chi connectivity index (χ2v) is 6.26. The number of anilines is 2. The van der Waals surface area contributed by atoms with E-state index in [9.17, 15) is 9.90 Å². The molecule has 0 unspecified atom stereocenters. The molecule has 0 aliphatic carbocycles. The largest absolute Gasteiger partial charge is 0.504 e. The minimum Gasteiger partial charge on any atom is -0.504 e. The minimum atomic E-state index is -0.422. The normalized spacial score (nSPS) is 15.8. The fraction of sp³-hybridized carbons (Fsp3) is 0.136. The lowest BCUT2D eigenvalue weighted by molar-refractivity contribution is 0.0975. The Kier molecular flexibility index (Phi) is 4.42. The van der Waals surface area contributed by atoms with Gasteiger partial charge in [0, 0.05) is 11.4 Å². The molecule has 27 heavy (non-hydrogen) atoms. The molecule has 1 aliphatic heterocycles. The van der Waals surface area contributed by atoms with Crippen molar-refractivity contribution in [3.63, 3.8) is 0 Å². The fourth-order valence-electron chi connectivity index (χ4n) is 3.31. The van der Waals surface area contributed by atoms with Crippen LogP contribution in [-0.2, 0) is 0 Å². The third kappa shape index (κ3) is 3.08. The van der Waals surface area contributed by atoms with Crippen molar-refractivity contribution < 1.29 is 14.6 Å². The van der Waals surface area contributed by atoms with Crippen LogP contribution in [0, 0.1) is 0 Å². The maximum atomic E-state index is 13.3. The molecule has 4 rings (SSSR count). The number of nitrogens with zero attached hydrogens (tertiary/aromatic N) is 1. The molecule has 5 nitrogen and oxygen atoms in total. The Morgan fingerprint density at radius 1 is 1.04 bits per heavy atom. The van der Waals surface area contributed by atoms with Crippen molar-refractivity contribution in [3.05, 3.63) is 83.9 Å². The molecule has 1 amide bonds. The highest BCUT2D eigenvalue weighted by molar-refractivity contribution is 6.12. The quantitative estimate of drug-likeness (QED) is 0.716. The molecule has 5 heteroatoms. The van der Waals surface area contributed by atoms with Gasteiger partial charge in [0.2, 0.25) is 0 Å². The zero-order chi connectivity index (χ0) is 18.8. The number of phenolic OH excluding ortho intramolecular Hbond substituents is 1. The summed E-state index contributed by atoms with van der Waals surface area (Å²) < 4.78 is 5.52. The molecular formula is C22H20N2O3. The highest BCUT2D eigenvalue weighted by atomic mass is 16.5. The van der Waals surface area contributed by atoms with Crippen LogP contribution in [0.15, 0.2) is 72.8 Å². The van der Waals surface area contributed by atoms with Crippen molar-refractivity contribution in [2.24, 2.45) is 0 Å². The van der Waals surface area contributed by atoms with E-state index in [1.165, 1.54) is 0 Å². The van der Waals surface area contributed by atoms with Gasteiger partial charge in [0.25, 0.3) is 5.91 Å². The average molecular weight is 360 g/mol. The van der Waals surface area contributed by atoms with Crippen LogP contribution in [0.3, 0.4) is 0 Å². The molecule has 1 heterocycles. The number of hydrogen-bond acceptors (Lipinski definition) is 4. The number of ether oxygens (including phenoxy) is 1. The van der Waals surface area contributed by atoms with Crippen LogP contribution in [0.1, 0.15) is 29.0 Å². The van der Waals surface area contributed by atoms with Gasteiger partial charge in [-0.1, -0.05) is 36.4 Å². The van der Waals surface area contributed by atoms with Crippen LogP contribution < -0.4 is 15.0 Å². The van der Waals surface area contributed by atoms with Gasteiger partial charge in [-0.15, -0.1) is 0 Å². The molecular weight excluding hydrogens is 340 g/mol. The van der Waals surface area contributed by atoms with Crippen LogP contribution in [0.4, 0.5) is 11.4 Å². The number of amides is 1. The molecule has 0 fully saturated rings. The Balaban J connectivity index is 1.84. The van der Waals surface area contributed by atoms with E-state index in [4.69, 9.17) is 4.74 Å². The summed E-state index contributed by atoms with van der Waals surface area (Å²) in [6.45, 7) is 2.31.